The van der Waals surface area contributed by atoms with Crippen molar-refractivity contribution in [3.63, 3.8) is 0 Å². The average Bonchev–Trinajstić information content (AvgIpc) is 2.87. The van der Waals surface area contributed by atoms with Crippen LogP contribution in [0.25, 0.3) is 26.4 Å². The lowest BCUT2D eigenvalue weighted by atomic mass is 10.00. The highest BCUT2D eigenvalue weighted by atomic mass is 16.4. The minimum Gasteiger partial charge on any atom is -0.507 e. The molecular weight excluding hydrogens is 444 g/mol. The van der Waals surface area contributed by atoms with E-state index in [1.54, 1.807) is 42.5 Å². The van der Waals surface area contributed by atoms with E-state index < -0.39 is 11.7 Å². The van der Waals surface area contributed by atoms with Crippen LogP contribution in [0.4, 0.5) is 0 Å². The number of hydrogen-bond acceptors (Lipinski definition) is 6. The Kier molecular flexibility index (Phi) is 6.21. The molecule has 4 aromatic rings. The van der Waals surface area contributed by atoms with Crippen molar-refractivity contribution >= 4 is 39.9 Å². The fourth-order valence-corrected chi connectivity index (χ4v) is 3.61. The molecule has 0 amide bonds. The molecule has 0 aliphatic heterocycles. The molecule has 0 unspecified atom stereocenters. The zero-order valence-electron chi connectivity index (χ0n) is 18.0. The molecule has 0 fully saturated rings. The van der Waals surface area contributed by atoms with Crippen molar-refractivity contribution in [2.24, 2.45) is 9.98 Å². The summed E-state index contributed by atoms with van der Waals surface area (Å²) >= 11 is 0. The fourth-order valence-electron chi connectivity index (χ4n) is 3.61. The lowest BCUT2D eigenvalue weighted by molar-refractivity contribution is 0.0694. The number of hydrogen-bond donors (Lipinski definition) is 3. The van der Waals surface area contributed by atoms with Gasteiger partial charge in [-0.05, 0) is 33.7 Å². The molecule has 0 aliphatic rings. The summed E-state index contributed by atoms with van der Waals surface area (Å²) in [5.74, 6) is -2.24. The second kappa shape index (κ2) is 9.57. The summed E-state index contributed by atoms with van der Waals surface area (Å²) in [4.78, 5) is 23.0. The number of allylic oxidation sites excluding steroid dienone is 1. The van der Waals surface area contributed by atoms with Crippen LogP contribution in [0.3, 0.4) is 0 Å². The van der Waals surface area contributed by atoms with Gasteiger partial charge in [0, 0.05) is 11.8 Å². The molecule has 0 atom stereocenters. The third-order valence-corrected chi connectivity index (χ3v) is 5.30. The molecule has 35 heavy (non-hydrogen) atoms. The van der Waals surface area contributed by atoms with Gasteiger partial charge in [-0.25, -0.2) is 4.79 Å². The molecule has 0 saturated carbocycles. The van der Waals surface area contributed by atoms with Gasteiger partial charge in [0.05, 0.1) is 5.56 Å². The molecule has 0 spiro atoms. The van der Waals surface area contributed by atoms with Crippen LogP contribution in [0.2, 0.25) is 0 Å². The van der Waals surface area contributed by atoms with Gasteiger partial charge in [0.25, 0.3) is 0 Å². The predicted molar refractivity (Wildman–Crippen MR) is 133 cm³/mol. The Balaban J connectivity index is 1.81. The number of phenolic OH excluding ortho intramolecular Hbond substituents is 1. The van der Waals surface area contributed by atoms with Crippen molar-refractivity contribution in [1.29, 1.82) is 5.26 Å². The Morgan fingerprint density at radius 2 is 1.54 bits per heavy atom. The SMILES string of the molecule is [C-]#[N+]C(/N=C/c1c(O)c(C(=O)O)cc2ccccc12)=C(\C#N)N=Cc1c(O)ccc2ccccc12. The van der Waals surface area contributed by atoms with Crippen LogP contribution in [0.1, 0.15) is 21.5 Å². The monoisotopic (exact) mass is 460 g/mol. The summed E-state index contributed by atoms with van der Waals surface area (Å²) in [6.07, 6.45) is 2.43. The molecule has 8 nitrogen and oxygen atoms in total. The number of fused-ring (bicyclic) bond motifs is 2. The topological polar surface area (TPSA) is 131 Å². The van der Waals surface area contributed by atoms with Gasteiger partial charge in [0.15, 0.2) is 5.70 Å². The molecule has 0 aliphatic carbocycles. The van der Waals surface area contributed by atoms with E-state index in [0.717, 1.165) is 11.6 Å². The van der Waals surface area contributed by atoms with Gasteiger partial charge >= 0.3 is 11.8 Å². The maximum absolute atomic E-state index is 11.6. The zero-order valence-corrected chi connectivity index (χ0v) is 18.0. The highest BCUT2D eigenvalue weighted by Gasteiger charge is 2.17. The smallest absolute Gasteiger partial charge is 0.339 e. The standard InChI is InChI=1S/C27H16N4O4/c1-29-26(23(13-28)30-14-21-18-8-4-2-6-16(18)10-11-24(21)32)31-15-22-19-9-5-3-7-17(19)12-20(25(22)33)27(34)35/h2-12,14-15,32-33H,(H,34,35)/b26-23-,30-14?,31-15+. The van der Waals surface area contributed by atoms with Crippen molar-refractivity contribution < 1.29 is 20.1 Å². The van der Waals surface area contributed by atoms with Crippen LogP contribution < -0.4 is 0 Å². The number of carboxylic acid groups (broad SMARTS) is 1. The van der Waals surface area contributed by atoms with Crippen molar-refractivity contribution in [3.05, 3.63) is 106 Å². The Morgan fingerprint density at radius 3 is 2.20 bits per heavy atom. The summed E-state index contributed by atoms with van der Waals surface area (Å²) in [5.41, 5.74) is -0.165. The largest absolute Gasteiger partial charge is 0.507 e. The molecule has 8 heteroatoms. The minimum absolute atomic E-state index is 0.0421. The first-order chi connectivity index (χ1) is 16.9. The van der Waals surface area contributed by atoms with Gasteiger partial charge in [0.2, 0.25) is 0 Å². The van der Waals surface area contributed by atoms with Gasteiger partial charge in [0.1, 0.15) is 29.3 Å². The van der Waals surface area contributed by atoms with Crippen LogP contribution in [0.15, 0.2) is 88.2 Å². The van der Waals surface area contributed by atoms with E-state index in [1.165, 1.54) is 18.3 Å². The first-order valence-electron chi connectivity index (χ1n) is 10.2. The van der Waals surface area contributed by atoms with E-state index in [-0.39, 0.29) is 28.4 Å². The number of aromatic hydroxyl groups is 2. The number of benzene rings is 4. The zero-order chi connectivity index (χ0) is 24.9. The Hall–Kier alpha value is -5.47. The maximum Gasteiger partial charge on any atom is 0.339 e. The van der Waals surface area contributed by atoms with E-state index in [2.05, 4.69) is 14.8 Å². The van der Waals surface area contributed by atoms with Gasteiger partial charge < -0.3 is 20.2 Å². The highest BCUT2D eigenvalue weighted by molar-refractivity contribution is 6.08. The molecule has 0 saturated heterocycles. The number of aromatic carboxylic acids is 1. The average molecular weight is 460 g/mol. The molecule has 0 aromatic heterocycles. The predicted octanol–water partition coefficient (Wildman–Crippen LogP) is 5.25. The molecule has 168 valence electrons. The third-order valence-electron chi connectivity index (χ3n) is 5.30. The minimum atomic E-state index is -1.32. The number of carbonyl (C=O) groups is 1. The number of carboxylic acids is 1. The number of aliphatic imine (C=N–C) groups is 2. The lowest BCUT2D eigenvalue weighted by Crippen LogP contribution is -2.00. The van der Waals surface area contributed by atoms with Gasteiger partial charge in [-0.1, -0.05) is 61.2 Å². The van der Waals surface area contributed by atoms with Crippen LogP contribution in [0, 0.1) is 17.9 Å². The van der Waals surface area contributed by atoms with Crippen LogP contribution >= 0.6 is 0 Å². The Bertz CT molecular complexity index is 1670. The van der Waals surface area contributed by atoms with Gasteiger partial charge in [-0.2, -0.15) is 5.26 Å². The summed E-state index contributed by atoms with van der Waals surface area (Å²) in [6, 6.07) is 20.5. The Morgan fingerprint density at radius 1 is 0.914 bits per heavy atom. The van der Waals surface area contributed by atoms with E-state index in [0.29, 0.717) is 21.7 Å². The van der Waals surface area contributed by atoms with Crippen molar-refractivity contribution in [2.45, 2.75) is 0 Å². The Labute approximate surface area is 199 Å². The summed E-state index contributed by atoms with van der Waals surface area (Å²) < 4.78 is 0. The number of rotatable bonds is 5. The van der Waals surface area contributed by atoms with Crippen LogP contribution in [-0.4, -0.2) is 33.7 Å². The molecule has 4 aromatic carbocycles. The molecular formula is C27H16N4O4. The van der Waals surface area contributed by atoms with Gasteiger partial charge in [-0.15, -0.1) is 4.99 Å². The first kappa shape index (κ1) is 22.7. The normalized spacial score (nSPS) is 12.1. The third kappa shape index (κ3) is 4.40. The molecule has 0 bridgehead atoms. The van der Waals surface area contributed by atoms with E-state index in [4.69, 9.17) is 6.57 Å². The van der Waals surface area contributed by atoms with E-state index in [1.807, 2.05) is 18.2 Å². The second-order valence-electron chi connectivity index (χ2n) is 7.34. The summed E-state index contributed by atoms with van der Waals surface area (Å²) in [6.45, 7) is 7.47. The van der Waals surface area contributed by atoms with Crippen LogP contribution in [-0.2, 0) is 0 Å². The second-order valence-corrected chi connectivity index (χ2v) is 7.34. The summed E-state index contributed by atoms with van der Waals surface area (Å²) in [5, 5.41) is 42.5. The van der Waals surface area contributed by atoms with E-state index in [9.17, 15) is 25.4 Å². The fraction of sp³-hybridized carbons (Fsp3) is 0. The number of nitriles is 1. The number of nitrogens with zero attached hydrogens (tertiary/aromatic N) is 4. The molecule has 3 N–H and O–H groups in total. The van der Waals surface area contributed by atoms with Crippen LogP contribution in [0.5, 0.6) is 11.5 Å². The van der Waals surface area contributed by atoms with Crippen molar-refractivity contribution in [3.8, 4) is 17.6 Å². The van der Waals surface area contributed by atoms with E-state index >= 15 is 0 Å². The maximum atomic E-state index is 11.6. The first-order valence-corrected chi connectivity index (χ1v) is 10.2. The van der Waals surface area contributed by atoms with Crippen molar-refractivity contribution in [2.75, 3.05) is 0 Å². The highest BCUT2D eigenvalue weighted by Crippen LogP contribution is 2.31. The van der Waals surface area contributed by atoms with Gasteiger partial charge in [-0.3, -0.25) is 4.99 Å². The number of phenols is 2. The van der Waals surface area contributed by atoms with Crippen molar-refractivity contribution in [1.82, 2.24) is 0 Å². The lowest BCUT2D eigenvalue weighted by Gasteiger charge is -2.07. The molecule has 0 radical (unpaired) electrons. The molecule has 4 rings (SSSR count). The quantitative estimate of drug-likeness (QED) is 0.213. The molecule has 0 heterocycles. The summed E-state index contributed by atoms with van der Waals surface area (Å²) in [7, 11) is 0.